The lowest BCUT2D eigenvalue weighted by Gasteiger charge is -2.10. The van der Waals surface area contributed by atoms with Crippen LogP contribution in [0.5, 0.6) is 17.2 Å². The summed E-state index contributed by atoms with van der Waals surface area (Å²) in [6.45, 7) is 0.205. The van der Waals surface area contributed by atoms with Gasteiger partial charge in [-0.25, -0.2) is 0 Å². The maximum Gasteiger partial charge on any atom is 0.231 e. The summed E-state index contributed by atoms with van der Waals surface area (Å²) >= 11 is 1.46. The van der Waals surface area contributed by atoms with Crippen molar-refractivity contribution in [2.45, 2.75) is 11.6 Å². The fourth-order valence-electron chi connectivity index (χ4n) is 2.75. The Labute approximate surface area is 165 Å². The number of rotatable bonds is 7. The molecule has 1 aliphatic heterocycles. The third kappa shape index (κ3) is 3.89. The van der Waals surface area contributed by atoms with Crippen LogP contribution in [0.1, 0.15) is 6.42 Å². The highest BCUT2D eigenvalue weighted by molar-refractivity contribution is 7.99. The van der Waals surface area contributed by atoms with E-state index in [1.165, 1.54) is 11.8 Å². The first-order valence-electron chi connectivity index (χ1n) is 8.60. The summed E-state index contributed by atoms with van der Waals surface area (Å²) in [6, 6.07) is 13.0. The minimum absolute atomic E-state index is 0.0882. The molecule has 0 atom stereocenters. The molecule has 28 heavy (non-hydrogen) atoms. The Bertz CT molecular complexity index is 992. The molecule has 0 bridgehead atoms. The average molecular weight is 398 g/mol. The maximum atomic E-state index is 12.2. The number of ether oxygens (including phenoxy) is 3. The van der Waals surface area contributed by atoms with Crippen LogP contribution in [0.15, 0.2) is 53.9 Å². The summed E-state index contributed by atoms with van der Waals surface area (Å²) in [5.41, 5.74) is 1.53. The van der Waals surface area contributed by atoms with Crippen LogP contribution in [0.2, 0.25) is 0 Å². The first kappa shape index (κ1) is 18.2. The highest BCUT2D eigenvalue weighted by atomic mass is 32.2. The van der Waals surface area contributed by atoms with Crippen LogP contribution in [0, 0.1) is 0 Å². The first-order valence-corrected chi connectivity index (χ1v) is 9.59. The van der Waals surface area contributed by atoms with E-state index in [1.54, 1.807) is 31.6 Å². The van der Waals surface area contributed by atoms with E-state index in [1.807, 2.05) is 28.8 Å². The molecular weight excluding hydrogens is 380 g/mol. The van der Waals surface area contributed by atoms with Crippen molar-refractivity contribution >= 4 is 23.4 Å². The topological polar surface area (TPSA) is 87.5 Å². The van der Waals surface area contributed by atoms with Gasteiger partial charge in [0.25, 0.3) is 0 Å². The zero-order valence-electron chi connectivity index (χ0n) is 15.1. The standard InChI is InChI=1S/C19H18N4O4S/c1-25-15-5-3-2-4-14(15)23-11-20-22-19(23)28-9-8-18(24)21-13-6-7-16-17(10-13)27-12-26-16/h2-7,10-11H,8-9,12H2,1H3,(H,21,24). The van der Waals surface area contributed by atoms with Gasteiger partial charge in [0.15, 0.2) is 16.7 Å². The SMILES string of the molecule is COc1ccccc1-n1cnnc1SCCC(=O)Nc1ccc2c(c1)OCO2. The van der Waals surface area contributed by atoms with Crippen LogP contribution in [-0.4, -0.2) is 40.3 Å². The van der Waals surface area contributed by atoms with E-state index < -0.39 is 0 Å². The zero-order valence-corrected chi connectivity index (χ0v) is 15.9. The fraction of sp³-hybridized carbons (Fsp3) is 0.211. The number of benzene rings is 2. The highest BCUT2D eigenvalue weighted by Crippen LogP contribution is 2.34. The zero-order chi connectivity index (χ0) is 19.3. The van der Waals surface area contributed by atoms with Crippen LogP contribution in [0.4, 0.5) is 5.69 Å². The number of para-hydroxylation sites is 2. The van der Waals surface area contributed by atoms with Crippen molar-refractivity contribution in [3.05, 3.63) is 48.8 Å². The molecular formula is C19H18N4O4S. The van der Waals surface area contributed by atoms with Gasteiger partial charge in [0.2, 0.25) is 12.7 Å². The van der Waals surface area contributed by atoms with Gasteiger partial charge in [-0.3, -0.25) is 9.36 Å². The molecule has 0 saturated heterocycles. The predicted molar refractivity (Wildman–Crippen MR) is 104 cm³/mol. The van der Waals surface area contributed by atoms with Gasteiger partial charge in [-0.1, -0.05) is 23.9 Å². The molecule has 4 rings (SSSR count). The maximum absolute atomic E-state index is 12.2. The van der Waals surface area contributed by atoms with Crippen molar-refractivity contribution in [2.75, 3.05) is 25.0 Å². The van der Waals surface area contributed by atoms with Gasteiger partial charge in [-0.15, -0.1) is 10.2 Å². The number of fused-ring (bicyclic) bond motifs is 1. The Morgan fingerprint density at radius 1 is 1.25 bits per heavy atom. The van der Waals surface area contributed by atoms with E-state index in [4.69, 9.17) is 14.2 Å². The van der Waals surface area contributed by atoms with Gasteiger partial charge >= 0.3 is 0 Å². The molecule has 8 nitrogen and oxygen atoms in total. The van der Waals surface area contributed by atoms with Crippen molar-refractivity contribution in [3.63, 3.8) is 0 Å². The Balaban J connectivity index is 1.34. The molecule has 1 aromatic heterocycles. The Morgan fingerprint density at radius 2 is 2.11 bits per heavy atom. The number of carbonyl (C=O) groups is 1. The summed E-state index contributed by atoms with van der Waals surface area (Å²) in [4.78, 5) is 12.2. The Morgan fingerprint density at radius 3 is 3.00 bits per heavy atom. The van der Waals surface area contributed by atoms with E-state index in [2.05, 4.69) is 15.5 Å². The van der Waals surface area contributed by atoms with Crippen LogP contribution in [-0.2, 0) is 4.79 Å². The van der Waals surface area contributed by atoms with Gasteiger partial charge in [0.05, 0.1) is 12.8 Å². The minimum atomic E-state index is -0.0882. The summed E-state index contributed by atoms with van der Waals surface area (Å²) in [7, 11) is 1.62. The summed E-state index contributed by atoms with van der Waals surface area (Å²) < 4.78 is 17.8. The largest absolute Gasteiger partial charge is 0.495 e. The third-order valence-corrected chi connectivity index (χ3v) is 5.02. The quantitative estimate of drug-likeness (QED) is 0.612. The molecule has 0 unspecified atom stereocenters. The highest BCUT2D eigenvalue weighted by Gasteiger charge is 2.15. The van der Waals surface area contributed by atoms with Crippen molar-refractivity contribution in [3.8, 4) is 22.9 Å². The van der Waals surface area contributed by atoms with Gasteiger partial charge < -0.3 is 19.5 Å². The smallest absolute Gasteiger partial charge is 0.231 e. The summed E-state index contributed by atoms with van der Waals surface area (Å²) in [5, 5.41) is 11.7. The molecule has 0 aliphatic carbocycles. The van der Waals surface area contributed by atoms with Crippen molar-refractivity contribution in [2.24, 2.45) is 0 Å². The van der Waals surface area contributed by atoms with E-state index in [0.29, 0.717) is 34.5 Å². The molecule has 1 amide bonds. The molecule has 3 aromatic rings. The first-order chi connectivity index (χ1) is 13.7. The lowest BCUT2D eigenvalue weighted by molar-refractivity contribution is -0.115. The second-order valence-electron chi connectivity index (χ2n) is 5.87. The number of hydrogen-bond donors (Lipinski definition) is 1. The van der Waals surface area contributed by atoms with Crippen molar-refractivity contribution < 1.29 is 19.0 Å². The number of methoxy groups -OCH3 is 1. The Hall–Kier alpha value is -3.20. The number of amides is 1. The molecule has 1 aliphatic rings. The monoisotopic (exact) mass is 398 g/mol. The van der Waals surface area contributed by atoms with E-state index >= 15 is 0 Å². The molecule has 9 heteroatoms. The number of hydrogen-bond acceptors (Lipinski definition) is 7. The molecule has 1 N–H and O–H groups in total. The molecule has 2 heterocycles. The molecule has 0 spiro atoms. The second kappa shape index (κ2) is 8.22. The van der Waals surface area contributed by atoms with Crippen molar-refractivity contribution in [1.29, 1.82) is 0 Å². The van der Waals surface area contributed by atoms with E-state index in [0.717, 1.165) is 11.4 Å². The number of thioether (sulfide) groups is 1. The molecule has 144 valence electrons. The molecule has 0 saturated carbocycles. The molecule has 0 radical (unpaired) electrons. The third-order valence-electron chi connectivity index (χ3n) is 4.08. The van der Waals surface area contributed by atoms with Gasteiger partial charge in [0, 0.05) is 23.9 Å². The molecule has 2 aromatic carbocycles. The van der Waals surface area contributed by atoms with Crippen LogP contribution in [0.25, 0.3) is 5.69 Å². The van der Waals surface area contributed by atoms with Gasteiger partial charge in [-0.05, 0) is 24.3 Å². The van der Waals surface area contributed by atoms with Crippen LogP contribution < -0.4 is 19.5 Å². The van der Waals surface area contributed by atoms with E-state index in [9.17, 15) is 4.79 Å². The minimum Gasteiger partial charge on any atom is -0.495 e. The van der Waals surface area contributed by atoms with Crippen LogP contribution >= 0.6 is 11.8 Å². The lowest BCUT2D eigenvalue weighted by Crippen LogP contribution is -2.12. The second-order valence-corrected chi connectivity index (χ2v) is 6.93. The number of nitrogens with zero attached hydrogens (tertiary/aromatic N) is 3. The number of carbonyl (C=O) groups excluding carboxylic acids is 1. The summed E-state index contributed by atoms with van der Waals surface area (Å²) in [5.74, 6) is 2.52. The van der Waals surface area contributed by atoms with Crippen LogP contribution in [0.3, 0.4) is 0 Å². The number of aromatic nitrogens is 3. The van der Waals surface area contributed by atoms with Crippen molar-refractivity contribution in [1.82, 2.24) is 14.8 Å². The number of anilines is 1. The lowest BCUT2D eigenvalue weighted by atomic mass is 10.2. The fourth-order valence-corrected chi connectivity index (χ4v) is 3.61. The molecule has 0 fully saturated rings. The van der Waals surface area contributed by atoms with Gasteiger partial charge in [-0.2, -0.15) is 0 Å². The normalized spacial score (nSPS) is 12.0. The van der Waals surface area contributed by atoms with Gasteiger partial charge in [0.1, 0.15) is 12.1 Å². The Kier molecular flexibility index (Phi) is 5.34. The van der Waals surface area contributed by atoms with E-state index in [-0.39, 0.29) is 12.7 Å². The number of nitrogens with one attached hydrogen (secondary N) is 1. The summed E-state index contributed by atoms with van der Waals surface area (Å²) in [6.07, 6.45) is 1.96. The predicted octanol–water partition coefficient (Wildman–Crippen LogP) is 3.13. The average Bonchev–Trinajstić information content (AvgIpc) is 3.36.